The highest BCUT2D eigenvalue weighted by Crippen LogP contribution is 2.15. The number of hydrogen-bond donors (Lipinski definition) is 1. The van der Waals surface area contributed by atoms with Gasteiger partial charge in [-0.25, -0.2) is 0 Å². The van der Waals surface area contributed by atoms with E-state index in [0.29, 0.717) is 12.8 Å². The minimum atomic E-state index is -0.801. The number of hydrogen-bond acceptors (Lipinski definition) is 5. The van der Waals surface area contributed by atoms with Gasteiger partial charge < -0.3 is 14.6 Å². The normalized spacial score (nSPS) is 12.8. The van der Waals surface area contributed by atoms with Gasteiger partial charge in [0.2, 0.25) is 0 Å². The first-order chi connectivity index (χ1) is 24.6. The zero-order valence-electron chi connectivity index (χ0n) is 32.6. The number of aliphatic hydroxyl groups is 1. The molecule has 1 N–H and O–H groups in total. The summed E-state index contributed by atoms with van der Waals surface area (Å²) in [6, 6.07) is 0. The van der Waals surface area contributed by atoms with Crippen LogP contribution in [-0.4, -0.2) is 36.4 Å². The minimum absolute atomic E-state index is 0.0883. The molecule has 0 saturated heterocycles. The van der Waals surface area contributed by atoms with Crippen LogP contribution in [0.1, 0.15) is 194 Å². The zero-order chi connectivity index (χ0) is 36.4. The Bertz CT molecular complexity index is 884. The Morgan fingerprint density at radius 3 is 1.28 bits per heavy atom. The van der Waals surface area contributed by atoms with E-state index < -0.39 is 6.10 Å². The summed E-state index contributed by atoms with van der Waals surface area (Å²) >= 11 is 0. The average Bonchev–Trinajstić information content (AvgIpc) is 3.12. The third-order valence-electron chi connectivity index (χ3n) is 8.83. The van der Waals surface area contributed by atoms with Crippen molar-refractivity contribution < 1.29 is 24.2 Å². The summed E-state index contributed by atoms with van der Waals surface area (Å²) in [4.78, 5) is 24.3. The highest BCUT2D eigenvalue weighted by atomic mass is 16.6. The maximum absolute atomic E-state index is 12.2. The molecule has 1 unspecified atom stereocenters. The van der Waals surface area contributed by atoms with E-state index in [9.17, 15) is 14.7 Å². The number of allylic oxidation sites excluding steroid dienone is 10. The third kappa shape index (κ3) is 38.4. The van der Waals surface area contributed by atoms with Gasteiger partial charge in [-0.3, -0.25) is 9.59 Å². The summed E-state index contributed by atoms with van der Waals surface area (Å²) in [5.41, 5.74) is 0. The van der Waals surface area contributed by atoms with E-state index in [0.717, 1.165) is 57.8 Å². The second-order valence-corrected chi connectivity index (χ2v) is 13.7. The largest absolute Gasteiger partial charge is 0.462 e. The standard InChI is InChI=1S/C45H78O5/c1-3-5-7-9-11-13-15-17-19-21-22-24-25-27-29-31-33-35-37-39-44(47)49-42-43(41-46)50-45(48)40-38-36-34-32-30-28-26-23-20-18-16-14-12-10-8-6-4-2/h6,8,12,14,18,20,26,28,32,34,43,46H,3-5,7,9-11,13,15-17,19,21-25,27,29-31,33,35-42H2,1-2H3. The molecule has 0 aliphatic rings. The molecule has 288 valence electrons. The fraction of sp³-hybridized carbons (Fsp3) is 0.733. The van der Waals surface area contributed by atoms with Crippen LogP contribution in [0.5, 0.6) is 0 Å². The van der Waals surface area contributed by atoms with Gasteiger partial charge >= 0.3 is 11.9 Å². The number of carbonyl (C=O) groups excluding carboxylic acids is 2. The molecule has 5 heteroatoms. The van der Waals surface area contributed by atoms with E-state index in [1.54, 1.807) is 0 Å². The van der Waals surface area contributed by atoms with Crippen molar-refractivity contribution in [2.24, 2.45) is 0 Å². The number of aliphatic hydroxyl groups excluding tert-OH is 1. The number of rotatable bonds is 37. The zero-order valence-corrected chi connectivity index (χ0v) is 32.6. The van der Waals surface area contributed by atoms with Crippen LogP contribution in [0.25, 0.3) is 0 Å². The van der Waals surface area contributed by atoms with Crippen molar-refractivity contribution in [3.63, 3.8) is 0 Å². The van der Waals surface area contributed by atoms with Crippen LogP contribution in [0.2, 0.25) is 0 Å². The van der Waals surface area contributed by atoms with Crippen molar-refractivity contribution in [2.45, 2.75) is 200 Å². The first-order valence-corrected chi connectivity index (χ1v) is 20.8. The van der Waals surface area contributed by atoms with Crippen LogP contribution in [0.4, 0.5) is 0 Å². The Balaban J connectivity index is 3.61. The van der Waals surface area contributed by atoms with Crippen LogP contribution in [0.3, 0.4) is 0 Å². The fourth-order valence-corrected chi connectivity index (χ4v) is 5.71. The van der Waals surface area contributed by atoms with Crippen LogP contribution in [0, 0.1) is 0 Å². The van der Waals surface area contributed by atoms with Crippen molar-refractivity contribution in [1.82, 2.24) is 0 Å². The molecule has 0 rings (SSSR count). The molecule has 1 atom stereocenters. The molecule has 0 aromatic heterocycles. The van der Waals surface area contributed by atoms with Gasteiger partial charge in [-0.05, 0) is 51.4 Å². The van der Waals surface area contributed by atoms with Crippen LogP contribution in [0.15, 0.2) is 60.8 Å². The van der Waals surface area contributed by atoms with E-state index in [1.165, 1.54) is 103 Å². The molecular weight excluding hydrogens is 620 g/mol. The van der Waals surface area contributed by atoms with E-state index in [2.05, 4.69) is 74.6 Å². The smallest absolute Gasteiger partial charge is 0.306 e. The van der Waals surface area contributed by atoms with Crippen molar-refractivity contribution in [3.8, 4) is 0 Å². The second-order valence-electron chi connectivity index (χ2n) is 13.7. The lowest BCUT2D eigenvalue weighted by molar-refractivity contribution is -0.161. The van der Waals surface area contributed by atoms with E-state index in [1.807, 2.05) is 0 Å². The van der Waals surface area contributed by atoms with Gasteiger partial charge in [0.15, 0.2) is 6.10 Å². The first kappa shape index (κ1) is 47.6. The molecular formula is C45H78O5. The SMILES string of the molecule is CCC=CCC=CCC=CCC=CCC=CCCCC(=O)OC(CO)COC(=O)CCCCCCCCCCCCCCCCCCCCC. The number of carbonyl (C=O) groups is 2. The lowest BCUT2D eigenvalue weighted by atomic mass is 10.0. The van der Waals surface area contributed by atoms with E-state index in [-0.39, 0.29) is 31.6 Å². The molecule has 0 aliphatic heterocycles. The second kappa shape index (κ2) is 41.0. The van der Waals surface area contributed by atoms with Gasteiger partial charge in [-0.15, -0.1) is 0 Å². The summed E-state index contributed by atoms with van der Waals surface area (Å²) in [6.07, 6.45) is 52.9. The molecule has 0 spiro atoms. The summed E-state index contributed by atoms with van der Waals surface area (Å²) in [5, 5.41) is 9.56. The molecule has 0 amide bonds. The average molecular weight is 699 g/mol. The van der Waals surface area contributed by atoms with Crippen molar-refractivity contribution >= 4 is 11.9 Å². The summed E-state index contributed by atoms with van der Waals surface area (Å²) < 4.78 is 10.6. The highest BCUT2D eigenvalue weighted by Gasteiger charge is 2.16. The molecule has 0 radical (unpaired) electrons. The predicted octanol–water partition coefficient (Wildman–Crippen LogP) is 13.2. The Kier molecular flexibility index (Phi) is 39.1. The summed E-state index contributed by atoms with van der Waals surface area (Å²) in [5.74, 6) is -0.656. The van der Waals surface area contributed by atoms with Gasteiger partial charge in [0.1, 0.15) is 6.61 Å². The molecule has 0 saturated carbocycles. The molecule has 0 aliphatic carbocycles. The Hall–Kier alpha value is -2.40. The molecule has 5 nitrogen and oxygen atoms in total. The van der Waals surface area contributed by atoms with E-state index in [4.69, 9.17) is 9.47 Å². The summed E-state index contributed by atoms with van der Waals surface area (Å²) in [7, 11) is 0. The first-order valence-electron chi connectivity index (χ1n) is 20.8. The molecule has 50 heavy (non-hydrogen) atoms. The number of unbranched alkanes of at least 4 members (excludes halogenated alkanes) is 19. The minimum Gasteiger partial charge on any atom is -0.462 e. The van der Waals surface area contributed by atoms with Gasteiger partial charge in [-0.1, -0.05) is 190 Å². The van der Waals surface area contributed by atoms with Crippen molar-refractivity contribution in [3.05, 3.63) is 60.8 Å². The monoisotopic (exact) mass is 699 g/mol. The van der Waals surface area contributed by atoms with Gasteiger partial charge in [0, 0.05) is 12.8 Å². The lowest BCUT2D eigenvalue weighted by Gasteiger charge is -2.15. The van der Waals surface area contributed by atoms with Gasteiger partial charge in [0.05, 0.1) is 6.61 Å². The maximum Gasteiger partial charge on any atom is 0.306 e. The Morgan fingerprint density at radius 2 is 0.860 bits per heavy atom. The number of ether oxygens (including phenoxy) is 2. The number of esters is 2. The van der Waals surface area contributed by atoms with Crippen LogP contribution >= 0.6 is 0 Å². The quantitative estimate of drug-likeness (QED) is 0.0397. The molecule has 0 fully saturated rings. The maximum atomic E-state index is 12.2. The van der Waals surface area contributed by atoms with Crippen LogP contribution in [-0.2, 0) is 19.1 Å². The Labute approximate surface area is 309 Å². The van der Waals surface area contributed by atoms with Crippen molar-refractivity contribution in [2.75, 3.05) is 13.2 Å². The molecule has 0 aromatic rings. The lowest BCUT2D eigenvalue weighted by Crippen LogP contribution is -2.28. The molecule has 0 heterocycles. The predicted molar refractivity (Wildman–Crippen MR) is 214 cm³/mol. The van der Waals surface area contributed by atoms with E-state index >= 15 is 0 Å². The highest BCUT2D eigenvalue weighted by molar-refractivity contribution is 5.70. The van der Waals surface area contributed by atoms with Crippen LogP contribution < -0.4 is 0 Å². The van der Waals surface area contributed by atoms with Crippen molar-refractivity contribution in [1.29, 1.82) is 0 Å². The topological polar surface area (TPSA) is 72.8 Å². The summed E-state index contributed by atoms with van der Waals surface area (Å²) in [6.45, 7) is 3.98. The molecule has 0 aromatic carbocycles. The fourth-order valence-electron chi connectivity index (χ4n) is 5.71. The molecule has 0 bridgehead atoms. The third-order valence-corrected chi connectivity index (χ3v) is 8.83. The van der Waals surface area contributed by atoms with Gasteiger partial charge in [0.25, 0.3) is 0 Å². The van der Waals surface area contributed by atoms with Gasteiger partial charge in [-0.2, -0.15) is 0 Å². The Morgan fingerprint density at radius 1 is 0.480 bits per heavy atom.